The Morgan fingerprint density at radius 3 is 2.46 bits per heavy atom. The number of aryl methyl sites for hydroxylation is 1. The van der Waals surface area contributed by atoms with Gasteiger partial charge in [0.1, 0.15) is 5.82 Å². The minimum absolute atomic E-state index is 0.00590. The third-order valence-electron chi connectivity index (χ3n) is 4.27. The Morgan fingerprint density at radius 2 is 1.71 bits per heavy atom. The van der Waals surface area contributed by atoms with Crippen molar-refractivity contribution in [3.63, 3.8) is 0 Å². The zero-order chi connectivity index (χ0) is 19.5. The molecule has 1 amide bonds. The molecule has 0 bridgehead atoms. The molecule has 0 saturated heterocycles. The molecule has 1 N–H and O–H groups in total. The van der Waals surface area contributed by atoms with Gasteiger partial charge < -0.3 is 5.32 Å². The number of amides is 1. The first-order valence-electron chi connectivity index (χ1n) is 8.77. The van der Waals surface area contributed by atoms with Crippen molar-refractivity contribution in [1.29, 1.82) is 0 Å². The summed E-state index contributed by atoms with van der Waals surface area (Å²) in [6.07, 6.45) is 0. The van der Waals surface area contributed by atoms with E-state index in [1.807, 2.05) is 61.5 Å². The standard InChI is InChI=1S/C22H17FN4O/c1-15-8-5-6-13-19(15)27-21(16-9-3-2-4-10-16)25-20(26-27)22(28)24-18-12-7-11-17(23)14-18/h2-14H,1H3,(H,24,28). The maximum Gasteiger partial charge on any atom is 0.295 e. The molecule has 6 heteroatoms. The van der Waals surface area contributed by atoms with E-state index in [4.69, 9.17) is 0 Å². The number of carbonyl (C=O) groups excluding carboxylic acids is 1. The Bertz CT molecular complexity index is 1140. The van der Waals surface area contributed by atoms with Crippen LogP contribution in [0.2, 0.25) is 0 Å². The summed E-state index contributed by atoms with van der Waals surface area (Å²) in [5.74, 6) is -0.373. The van der Waals surface area contributed by atoms with Crippen molar-refractivity contribution in [2.75, 3.05) is 5.32 Å². The van der Waals surface area contributed by atoms with E-state index in [0.29, 0.717) is 11.5 Å². The molecule has 28 heavy (non-hydrogen) atoms. The predicted octanol–water partition coefficient (Wildman–Crippen LogP) is 4.63. The quantitative estimate of drug-likeness (QED) is 0.568. The first-order chi connectivity index (χ1) is 13.6. The molecule has 138 valence electrons. The van der Waals surface area contributed by atoms with E-state index in [1.54, 1.807) is 10.7 Å². The van der Waals surface area contributed by atoms with E-state index in [2.05, 4.69) is 15.4 Å². The fourth-order valence-electron chi connectivity index (χ4n) is 2.90. The van der Waals surface area contributed by atoms with Gasteiger partial charge in [-0.1, -0.05) is 54.6 Å². The van der Waals surface area contributed by atoms with Gasteiger partial charge in [0, 0.05) is 11.3 Å². The van der Waals surface area contributed by atoms with Gasteiger partial charge in [0.05, 0.1) is 5.69 Å². The van der Waals surface area contributed by atoms with Crippen LogP contribution in [0.3, 0.4) is 0 Å². The maximum absolute atomic E-state index is 13.4. The Morgan fingerprint density at radius 1 is 0.964 bits per heavy atom. The molecule has 4 aromatic rings. The predicted molar refractivity (Wildman–Crippen MR) is 106 cm³/mol. The lowest BCUT2D eigenvalue weighted by molar-refractivity contribution is 0.101. The van der Waals surface area contributed by atoms with Crippen LogP contribution in [0.25, 0.3) is 17.1 Å². The van der Waals surface area contributed by atoms with Crippen molar-refractivity contribution in [1.82, 2.24) is 14.8 Å². The maximum atomic E-state index is 13.4. The van der Waals surface area contributed by atoms with Gasteiger partial charge in [-0.2, -0.15) is 0 Å². The minimum atomic E-state index is -0.505. The lowest BCUT2D eigenvalue weighted by Gasteiger charge is -2.08. The van der Waals surface area contributed by atoms with Crippen LogP contribution in [0.5, 0.6) is 0 Å². The topological polar surface area (TPSA) is 59.8 Å². The molecular weight excluding hydrogens is 355 g/mol. The molecule has 0 aliphatic rings. The van der Waals surface area contributed by atoms with Crippen LogP contribution in [0.1, 0.15) is 16.2 Å². The number of nitrogens with one attached hydrogen (secondary N) is 1. The minimum Gasteiger partial charge on any atom is -0.319 e. The number of hydrogen-bond donors (Lipinski definition) is 1. The Kier molecular flexibility index (Phi) is 4.68. The van der Waals surface area contributed by atoms with E-state index >= 15 is 0 Å². The monoisotopic (exact) mass is 372 g/mol. The second-order valence-corrected chi connectivity index (χ2v) is 6.29. The van der Waals surface area contributed by atoms with Crippen LogP contribution < -0.4 is 5.32 Å². The second kappa shape index (κ2) is 7.44. The molecule has 5 nitrogen and oxygen atoms in total. The smallest absolute Gasteiger partial charge is 0.295 e. The van der Waals surface area contributed by atoms with E-state index < -0.39 is 11.7 Å². The zero-order valence-corrected chi connectivity index (χ0v) is 15.1. The average Bonchev–Trinajstić information content (AvgIpc) is 3.14. The fraction of sp³-hybridized carbons (Fsp3) is 0.0455. The molecule has 0 fully saturated rings. The number of halogens is 1. The summed E-state index contributed by atoms with van der Waals surface area (Å²) >= 11 is 0. The lowest BCUT2D eigenvalue weighted by Crippen LogP contribution is -2.14. The van der Waals surface area contributed by atoms with Gasteiger partial charge in [-0.25, -0.2) is 14.1 Å². The van der Waals surface area contributed by atoms with Crippen molar-refractivity contribution >= 4 is 11.6 Å². The third-order valence-corrected chi connectivity index (χ3v) is 4.27. The van der Waals surface area contributed by atoms with Crippen LogP contribution in [0.4, 0.5) is 10.1 Å². The summed E-state index contributed by atoms with van der Waals surface area (Å²) < 4.78 is 15.0. The summed E-state index contributed by atoms with van der Waals surface area (Å²) in [5.41, 5.74) is 3.02. The highest BCUT2D eigenvalue weighted by Crippen LogP contribution is 2.23. The normalized spacial score (nSPS) is 10.6. The number of hydrogen-bond acceptors (Lipinski definition) is 3. The van der Waals surface area contributed by atoms with Crippen molar-refractivity contribution in [2.45, 2.75) is 6.92 Å². The van der Waals surface area contributed by atoms with E-state index in [9.17, 15) is 9.18 Å². The number of para-hydroxylation sites is 1. The van der Waals surface area contributed by atoms with E-state index in [0.717, 1.165) is 16.8 Å². The number of anilines is 1. The third kappa shape index (κ3) is 3.53. The average molecular weight is 372 g/mol. The number of carbonyl (C=O) groups is 1. The van der Waals surface area contributed by atoms with Crippen LogP contribution in [0, 0.1) is 12.7 Å². The zero-order valence-electron chi connectivity index (χ0n) is 15.1. The van der Waals surface area contributed by atoms with Crippen LogP contribution >= 0.6 is 0 Å². The highest BCUT2D eigenvalue weighted by atomic mass is 19.1. The highest BCUT2D eigenvalue weighted by Gasteiger charge is 2.19. The molecule has 4 rings (SSSR count). The molecule has 0 aliphatic heterocycles. The van der Waals surface area contributed by atoms with E-state index in [-0.39, 0.29) is 5.82 Å². The highest BCUT2D eigenvalue weighted by molar-refractivity contribution is 6.01. The van der Waals surface area contributed by atoms with Gasteiger partial charge in [0.15, 0.2) is 5.82 Å². The second-order valence-electron chi connectivity index (χ2n) is 6.29. The molecule has 0 spiro atoms. The van der Waals surface area contributed by atoms with Crippen LogP contribution in [-0.4, -0.2) is 20.7 Å². The van der Waals surface area contributed by atoms with Crippen molar-refractivity contribution < 1.29 is 9.18 Å². The largest absolute Gasteiger partial charge is 0.319 e. The van der Waals surface area contributed by atoms with Gasteiger partial charge in [0.2, 0.25) is 5.82 Å². The molecule has 0 radical (unpaired) electrons. The Labute approximate surface area is 161 Å². The molecule has 0 unspecified atom stereocenters. The molecule has 0 saturated carbocycles. The molecule has 1 heterocycles. The Balaban J connectivity index is 1.77. The van der Waals surface area contributed by atoms with Crippen LogP contribution in [-0.2, 0) is 0 Å². The first-order valence-corrected chi connectivity index (χ1v) is 8.77. The van der Waals surface area contributed by atoms with Crippen molar-refractivity contribution in [3.8, 4) is 17.1 Å². The van der Waals surface area contributed by atoms with Crippen molar-refractivity contribution in [2.24, 2.45) is 0 Å². The van der Waals surface area contributed by atoms with Gasteiger partial charge in [-0.05, 0) is 36.8 Å². The fourth-order valence-corrected chi connectivity index (χ4v) is 2.90. The number of aromatic nitrogens is 3. The van der Waals surface area contributed by atoms with Gasteiger partial charge >= 0.3 is 0 Å². The Hall–Kier alpha value is -3.80. The van der Waals surface area contributed by atoms with Gasteiger partial charge in [-0.15, -0.1) is 5.10 Å². The molecular formula is C22H17FN4O. The summed E-state index contributed by atoms with van der Waals surface area (Å²) in [4.78, 5) is 17.1. The summed E-state index contributed by atoms with van der Waals surface area (Å²) in [7, 11) is 0. The van der Waals surface area contributed by atoms with Crippen molar-refractivity contribution in [3.05, 3.63) is 96.1 Å². The molecule has 0 aliphatic carbocycles. The van der Waals surface area contributed by atoms with Gasteiger partial charge in [-0.3, -0.25) is 4.79 Å². The number of rotatable bonds is 4. The SMILES string of the molecule is Cc1ccccc1-n1nc(C(=O)Nc2cccc(F)c2)nc1-c1ccccc1. The summed E-state index contributed by atoms with van der Waals surface area (Å²) in [5, 5.41) is 7.08. The number of nitrogens with zero attached hydrogens (tertiary/aromatic N) is 3. The molecule has 0 atom stereocenters. The molecule has 3 aromatic carbocycles. The first kappa shape index (κ1) is 17.6. The lowest BCUT2D eigenvalue weighted by atomic mass is 10.2. The number of benzene rings is 3. The van der Waals surface area contributed by atoms with E-state index in [1.165, 1.54) is 18.2 Å². The summed E-state index contributed by atoms with van der Waals surface area (Å²) in [6.45, 7) is 1.97. The van der Waals surface area contributed by atoms with Gasteiger partial charge in [0.25, 0.3) is 5.91 Å². The molecule has 1 aromatic heterocycles. The van der Waals surface area contributed by atoms with Crippen LogP contribution in [0.15, 0.2) is 78.9 Å². The summed E-state index contributed by atoms with van der Waals surface area (Å²) in [6, 6.07) is 23.0.